The van der Waals surface area contributed by atoms with Gasteiger partial charge < -0.3 is 17.8 Å². The van der Waals surface area contributed by atoms with Crippen LogP contribution in [-0.2, 0) is 0 Å². The van der Waals surface area contributed by atoms with Crippen LogP contribution in [0, 0.1) is 0 Å². The van der Waals surface area contributed by atoms with Crippen LogP contribution in [0.15, 0.2) is 24.3 Å². The van der Waals surface area contributed by atoms with Crippen LogP contribution in [-0.4, -0.2) is 21.1 Å². The van der Waals surface area contributed by atoms with Gasteiger partial charge in [-0.05, 0) is 12.1 Å². The van der Waals surface area contributed by atoms with E-state index in [1.165, 1.54) is 12.1 Å². The molecule has 0 N–H and O–H groups in total. The van der Waals surface area contributed by atoms with E-state index in [2.05, 4.69) is 0 Å². The molecule has 0 aliphatic heterocycles. The van der Waals surface area contributed by atoms with Crippen LogP contribution in [0.5, 0.6) is 0 Å². The third-order valence-electron chi connectivity index (χ3n) is 1.79. The summed E-state index contributed by atoms with van der Waals surface area (Å²) in [6.45, 7) is -4.86. The maximum absolute atomic E-state index is 12.2. The first-order valence-corrected chi connectivity index (χ1v) is 3.88. The Labute approximate surface area is 124 Å². The van der Waals surface area contributed by atoms with Gasteiger partial charge in [0.05, 0.1) is 0 Å². The van der Waals surface area contributed by atoms with Crippen LogP contribution in [0.4, 0.5) is 18.6 Å². The molecule has 1 aromatic rings. The number of hydrogen-bond acceptors (Lipinski definition) is 1. The topological polar surface area (TPSA) is 3.24 Å². The van der Waals surface area contributed by atoms with E-state index in [9.17, 15) is 12.9 Å². The monoisotopic (exact) mass is 227 g/mol. The number of nitrogens with zero attached hydrogens (tertiary/aromatic N) is 1. The van der Waals surface area contributed by atoms with Gasteiger partial charge in [0.1, 0.15) is 0 Å². The Morgan fingerprint density at radius 3 is 1.71 bits per heavy atom. The van der Waals surface area contributed by atoms with Crippen molar-refractivity contribution in [2.75, 3.05) is 19.0 Å². The van der Waals surface area contributed by atoms with Crippen LogP contribution in [0.1, 0.15) is 0 Å². The van der Waals surface area contributed by atoms with E-state index in [0.717, 1.165) is 17.8 Å². The molecule has 0 amide bonds. The fourth-order valence-corrected chi connectivity index (χ4v) is 0.991. The first-order chi connectivity index (χ1) is 5.91. The van der Waals surface area contributed by atoms with Gasteiger partial charge in [-0.3, -0.25) is 0 Å². The molecule has 0 fully saturated rings. The van der Waals surface area contributed by atoms with Gasteiger partial charge in [-0.15, -0.1) is 5.46 Å². The molecule has 0 saturated heterocycles. The van der Waals surface area contributed by atoms with Crippen molar-refractivity contribution in [3.63, 3.8) is 0 Å². The molecule has 0 bridgehead atoms. The van der Waals surface area contributed by atoms with E-state index in [1.54, 1.807) is 19.0 Å². The van der Waals surface area contributed by atoms with Gasteiger partial charge in [-0.25, -0.2) is 0 Å². The quantitative estimate of drug-likeness (QED) is 0.574. The minimum absolute atomic E-state index is 0. The Balaban J connectivity index is 0.00000169. The Morgan fingerprint density at radius 1 is 1.00 bits per heavy atom. The molecule has 6 heteroatoms. The summed E-state index contributed by atoms with van der Waals surface area (Å²) in [6, 6.07) is 5.14. The molecule has 0 aliphatic rings. The fraction of sp³-hybridized carbons (Fsp3) is 0.250. The van der Waals surface area contributed by atoms with Gasteiger partial charge in [0.2, 0.25) is 0 Å². The number of rotatable bonds is 2. The molecule has 1 aromatic carbocycles. The van der Waals surface area contributed by atoms with E-state index >= 15 is 0 Å². The predicted molar refractivity (Wildman–Crippen MR) is 49.5 cm³/mol. The van der Waals surface area contributed by atoms with Crippen LogP contribution in [0.3, 0.4) is 0 Å². The Bertz CT molecular complexity index is 284. The molecular weight excluding hydrogens is 217 g/mol. The molecule has 1 rings (SSSR count). The van der Waals surface area contributed by atoms with Crippen molar-refractivity contribution in [1.29, 1.82) is 0 Å². The van der Waals surface area contributed by atoms with Crippen molar-refractivity contribution >= 4 is 18.1 Å². The summed E-state index contributed by atoms with van der Waals surface area (Å²) in [4.78, 5) is 1.76. The Hall–Kier alpha value is 0.511. The van der Waals surface area contributed by atoms with Crippen LogP contribution >= 0.6 is 0 Å². The second-order valence-electron chi connectivity index (χ2n) is 3.06. The first-order valence-electron chi connectivity index (χ1n) is 3.88. The van der Waals surface area contributed by atoms with Crippen molar-refractivity contribution in [2.45, 2.75) is 0 Å². The average molecular weight is 227 g/mol. The minimum Gasteiger partial charge on any atom is -0.445 e. The zero-order valence-electron chi connectivity index (χ0n) is 8.47. The molecule has 0 heterocycles. The molecule has 1 nitrogen and oxygen atoms in total. The van der Waals surface area contributed by atoms with Crippen molar-refractivity contribution in [3.8, 4) is 0 Å². The Morgan fingerprint density at radius 2 is 1.43 bits per heavy atom. The molecule has 0 unspecified atom stereocenters. The first kappa shape index (κ1) is 14.5. The van der Waals surface area contributed by atoms with Gasteiger partial charge in [-0.1, -0.05) is 12.1 Å². The third kappa shape index (κ3) is 3.94. The number of benzene rings is 1. The summed E-state index contributed by atoms with van der Waals surface area (Å²) in [5, 5.41) is 0. The molecule has 0 spiro atoms. The second kappa shape index (κ2) is 5.56. The molecule has 0 aliphatic carbocycles. The Kier molecular flexibility index (Phi) is 5.76. The summed E-state index contributed by atoms with van der Waals surface area (Å²) in [5.74, 6) is 0. The van der Waals surface area contributed by atoms with Crippen molar-refractivity contribution in [1.82, 2.24) is 0 Å². The standard InChI is InChI=1S/C8H10BF3N.K/c1-13(2)8-5-3-7(4-6-8)9(10,11)12;/h3-6H,1-2H3;/q-1;+1. The average Bonchev–Trinajstić information content (AvgIpc) is 2.03. The summed E-state index contributed by atoms with van der Waals surface area (Å²) in [6.07, 6.45) is 0. The molecule has 0 radical (unpaired) electrons. The van der Waals surface area contributed by atoms with Crippen molar-refractivity contribution < 1.29 is 64.3 Å². The SMILES string of the molecule is CN(C)c1ccc([B-](F)(F)F)cc1.[K+]. The third-order valence-corrected chi connectivity index (χ3v) is 1.79. The molecule has 72 valence electrons. The van der Waals surface area contributed by atoms with E-state index < -0.39 is 12.4 Å². The zero-order valence-corrected chi connectivity index (χ0v) is 11.6. The van der Waals surface area contributed by atoms with Crippen LogP contribution < -0.4 is 61.7 Å². The van der Waals surface area contributed by atoms with Gasteiger partial charge in [0.25, 0.3) is 0 Å². The van der Waals surface area contributed by atoms with Gasteiger partial charge in [0, 0.05) is 19.8 Å². The second-order valence-corrected chi connectivity index (χ2v) is 3.06. The molecule has 14 heavy (non-hydrogen) atoms. The van der Waals surface area contributed by atoms with Crippen molar-refractivity contribution in [3.05, 3.63) is 24.3 Å². The largest absolute Gasteiger partial charge is 1.00 e. The number of anilines is 1. The van der Waals surface area contributed by atoms with E-state index in [1.807, 2.05) is 0 Å². The summed E-state index contributed by atoms with van der Waals surface area (Å²) < 4.78 is 36.5. The smallest absolute Gasteiger partial charge is 0.445 e. The van der Waals surface area contributed by atoms with Crippen LogP contribution in [0.25, 0.3) is 0 Å². The molecule has 0 aromatic heterocycles. The zero-order chi connectivity index (χ0) is 10.1. The number of hydrogen-bond donors (Lipinski definition) is 0. The predicted octanol–water partition coefficient (Wildman–Crippen LogP) is -1.19. The van der Waals surface area contributed by atoms with Crippen molar-refractivity contribution in [2.24, 2.45) is 0 Å². The van der Waals surface area contributed by atoms with E-state index in [-0.39, 0.29) is 51.4 Å². The van der Waals surface area contributed by atoms with Gasteiger partial charge in [0.15, 0.2) is 0 Å². The van der Waals surface area contributed by atoms with Gasteiger partial charge in [-0.2, -0.15) is 0 Å². The van der Waals surface area contributed by atoms with E-state index in [4.69, 9.17) is 0 Å². The summed E-state index contributed by atoms with van der Waals surface area (Å²) in [7, 11) is 3.57. The minimum atomic E-state index is -4.86. The summed E-state index contributed by atoms with van der Waals surface area (Å²) >= 11 is 0. The molecular formula is C8H10BF3KN. The fourth-order valence-electron chi connectivity index (χ4n) is 0.991. The molecule has 0 saturated carbocycles. The maximum atomic E-state index is 12.2. The van der Waals surface area contributed by atoms with Crippen LogP contribution in [0.2, 0.25) is 0 Å². The summed E-state index contributed by atoms with van der Waals surface area (Å²) in [5.41, 5.74) is 0.217. The van der Waals surface area contributed by atoms with Gasteiger partial charge >= 0.3 is 58.4 Å². The maximum Gasteiger partial charge on any atom is 1.00 e. The number of halogens is 3. The van der Waals surface area contributed by atoms with E-state index in [0.29, 0.717) is 0 Å². The molecule has 0 atom stereocenters. The normalized spacial score (nSPS) is 10.6.